The molecular weight excluding hydrogens is 245 g/mol. The fourth-order valence-corrected chi connectivity index (χ4v) is 1.56. The molecule has 100 valence electrons. The Morgan fingerprint density at radius 1 is 1.33 bits per heavy atom. The lowest BCUT2D eigenvalue weighted by Crippen LogP contribution is -2.34. The highest BCUT2D eigenvalue weighted by molar-refractivity contribution is 5.77. The van der Waals surface area contributed by atoms with Gasteiger partial charge in [0.1, 0.15) is 0 Å². The molecule has 0 aliphatic heterocycles. The Balaban J connectivity index is 2.88. The molecule has 1 N–H and O–H groups in total. The van der Waals surface area contributed by atoms with Crippen LogP contribution in [-0.2, 0) is 17.5 Å². The van der Waals surface area contributed by atoms with Gasteiger partial charge in [0.25, 0.3) is 0 Å². The van der Waals surface area contributed by atoms with Crippen molar-refractivity contribution in [2.45, 2.75) is 12.7 Å². The summed E-state index contributed by atoms with van der Waals surface area (Å²) < 4.78 is 38.2. The molecule has 0 aliphatic rings. The lowest BCUT2D eigenvalue weighted by molar-refractivity contribution is -0.139. The second-order valence-corrected chi connectivity index (χ2v) is 3.94. The van der Waals surface area contributed by atoms with Gasteiger partial charge in [0.2, 0.25) is 5.91 Å². The molecule has 1 rings (SSSR count). The van der Waals surface area contributed by atoms with E-state index in [-0.39, 0.29) is 24.6 Å². The first-order chi connectivity index (χ1) is 8.36. The van der Waals surface area contributed by atoms with Crippen LogP contribution >= 0.6 is 0 Å². The number of carbonyl (C=O) groups is 1. The molecule has 0 atom stereocenters. The first-order valence-corrected chi connectivity index (χ1v) is 5.40. The van der Waals surface area contributed by atoms with Crippen LogP contribution in [0.4, 0.5) is 13.2 Å². The molecule has 0 heterocycles. The zero-order chi connectivity index (χ0) is 13.8. The Kier molecular flexibility index (Phi) is 4.72. The predicted octanol–water partition coefficient (Wildman–Crippen LogP) is 1.88. The van der Waals surface area contributed by atoms with E-state index >= 15 is 0 Å². The predicted molar refractivity (Wildman–Crippen MR) is 61.8 cm³/mol. The van der Waals surface area contributed by atoms with Crippen LogP contribution in [0.5, 0.6) is 0 Å². The number of carbonyl (C=O) groups excluding carboxylic acids is 1. The SMILES string of the molecule is CNCC(=O)N(C)Cc1ccccc1C(F)(F)F. The highest BCUT2D eigenvalue weighted by Gasteiger charge is 2.33. The molecule has 0 fully saturated rings. The Hall–Kier alpha value is -1.56. The fourth-order valence-electron chi connectivity index (χ4n) is 1.56. The number of hydrogen-bond acceptors (Lipinski definition) is 2. The molecule has 3 nitrogen and oxygen atoms in total. The minimum atomic E-state index is -4.40. The summed E-state index contributed by atoms with van der Waals surface area (Å²) in [6.07, 6.45) is -4.40. The summed E-state index contributed by atoms with van der Waals surface area (Å²) in [5.74, 6) is -0.255. The van der Waals surface area contributed by atoms with Crippen molar-refractivity contribution in [2.75, 3.05) is 20.6 Å². The fraction of sp³-hybridized carbons (Fsp3) is 0.417. The topological polar surface area (TPSA) is 32.3 Å². The molecule has 1 aromatic carbocycles. The highest BCUT2D eigenvalue weighted by Crippen LogP contribution is 2.32. The number of likely N-dealkylation sites (N-methyl/N-ethyl adjacent to an activating group) is 2. The van der Waals surface area contributed by atoms with Gasteiger partial charge in [0, 0.05) is 13.6 Å². The van der Waals surface area contributed by atoms with E-state index in [1.165, 1.54) is 30.1 Å². The van der Waals surface area contributed by atoms with Crippen LogP contribution in [0.3, 0.4) is 0 Å². The third-order valence-electron chi connectivity index (χ3n) is 2.48. The van der Waals surface area contributed by atoms with Crippen molar-refractivity contribution in [1.29, 1.82) is 0 Å². The van der Waals surface area contributed by atoms with Crippen molar-refractivity contribution in [3.8, 4) is 0 Å². The molecule has 6 heteroatoms. The van der Waals surface area contributed by atoms with Crippen molar-refractivity contribution in [1.82, 2.24) is 10.2 Å². The highest BCUT2D eigenvalue weighted by atomic mass is 19.4. The Morgan fingerprint density at radius 3 is 2.50 bits per heavy atom. The van der Waals surface area contributed by atoms with Crippen molar-refractivity contribution < 1.29 is 18.0 Å². The zero-order valence-electron chi connectivity index (χ0n) is 10.2. The molecule has 0 bridgehead atoms. The average Bonchev–Trinajstić information content (AvgIpc) is 2.28. The summed E-state index contributed by atoms with van der Waals surface area (Å²) in [5, 5.41) is 2.67. The van der Waals surface area contributed by atoms with Gasteiger partial charge >= 0.3 is 6.18 Å². The van der Waals surface area contributed by atoms with E-state index in [0.717, 1.165) is 6.07 Å². The molecular formula is C12H15F3N2O. The van der Waals surface area contributed by atoms with Gasteiger partial charge in [-0.15, -0.1) is 0 Å². The van der Waals surface area contributed by atoms with Crippen LogP contribution in [0.1, 0.15) is 11.1 Å². The lowest BCUT2D eigenvalue weighted by atomic mass is 10.1. The Labute approximate surface area is 104 Å². The summed E-state index contributed by atoms with van der Waals surface area (Å²) in [7, 11) is 3.09. The first-order valence-electron chi connectivity index (χ1n) is 5.40. The molecule has 0 aromatic heterocycles. The summed E-state index contributed by atoms with van der Waals surface area (Å²) in [6.45, 7) is 0.0425. The smallest absolute Gasteiger partial charge is 0.340 e. The second kappa shape index (κ2) is 5.86. The zero-order valence-corrected chi connectivity index (χ0v) is 10.2. The third kappa shape index (κ3) is 3.73. The minimum Gasteiger partial charge on any atom is -0.340 e. The monoisotopic (exact) mass is 260 g/mol. The maximum absolute atomic E-state index is 12.7. The molecule has 1 amide bonds. The Bertz CT molecular complexity index is 418. The third-order valence-corrected chi connectivity index (χ3v) is 2.48. The number of benzene rings is 1. The lowest BCUT2D eigenvalue weighted by Gasteiger charge is -2.20. The molecule has 0 saturated heterocycles. The van der Waals surface area contributed by atoms with E-state index in [2.05, 4.69) is 5.32 Å². The molecule has 0 spiro atoms. The van der Waals surface area contributed by atoms with Crippen LogP contribution in [0.25, 0.3) is 0 Å². The largest absolute Gasteiger partial charge is 0.416 e. The number of nitrogens with one attached hydrogen (secondary N) is 1. The van der Waals surface area contributed by atoms with E-state index in [1.54, 1.807) is 7.05 Å². The van der Waals surface area contributed by atoms with Crippen LogP contribution < -0.4 is 5.32 Å². The average molecular weight is 260 g/mol. The van der Waals surface area contributed by atoms with Gasteiger partial charge in [-0.3, -0.25) is 4.79 Å². The molecule has 1 aromatic rings. The van der Waals surface area contributed by atoms with Gasteiger partial charge in [-0.05, 0) is 18.7 Å². The van der Waals surface area contributed by atoms with Crippen molar-refractivity contribution in [3.63, 3.8) is 0 Å². The van der Waals surface area contributed by atoms with E-state index in [0.29, 0.717) is 0 Å². The number of hydrogen-bond donors (Lipinski definition) is 1. The van der Waals surface area contributed by atoms with Crippen molar-refractivity contribution >= 4 is 5.91 Å². The van der Waals surface area contributed by atoms with Crippen LogP contribution in [0, 0.1) is 0 Å². The normalized spacial score (nSPS) is 11.4. The molecule has 0 radical (unpaired) electrons. The van der Waals surface area contributed by atoms with E-state index in [9.17, 15) is 18.0 Å². The first kappa shape index (κ1) is 14.5. The number of alkyl halides is 3. The number of halogens is 3. The van der Waals surface area contributed by atoms with Gasteiger partial charge in [-0.2, -0.15) is 13.2 Å². The quantitative estimate of drug-likeness (QED) is 0.896. The van der Waals surface area contributed by atoms with E-state index in [1.807, 2.05) is 0 Å². The molecule has 0 unspecified atom stereocenters. The summed E-state index contributed by atoms with van der Waals surface area (Å²) in [5.41, 5.74) is -0.605. The second-order valence-electron chi connectivity index (χ2n) is 3.94. The molecule has 0 saturated carbocycles. The van der Waals surface area contributed by atoms with Gasteiger partial charge in [-0.1, -0.05) is 18.2 Å². The number of amides is 1. The van der Waals surface area contributed by atoms with Crippen molar-refractivity contribution in [2.24, 2.45) is 0 Å². The maximum Gasteiger partial charge on any atom is 0.416 e. The Morgan fingerprint density at radius 2 is 1.94 bits per heavy atom. The summed E-state index contributed by atoms with van der Waals surface area (Å²) >= 11 is 0. The van der Waals surface area contributed by atoms with Gasteiger partial charge in [0.15, 0.2) is 0 Å². The van der Waals surface area contributed by atoms with Gasteiger partial charge < -0.3 is 10.2 Å². The van der Waals surface area contributed by atoms with Crippen LogP contribution in [0.2, 0.25) is 0 Å². The maximum atomic E-state index is 12.7. The summed E-state index contributed by atoms with van der Waals surface area (Å²) in [4.78, 5) is 12.8. The molecule has 18 heavy (non-hydrogen) atoms. The minimum absolute atomic E-state index is 0.0593. The number of rotatable bonds is 4. The molecule has 0 aliphatic carbocycles. The van der Waals surface area contributed by atoms with Crippen molar-refractivity contribution in [3.05, 3.63) is 35.4 Å². The van der Waals surface area contributed by atoms with Gasteiger partial charge in [0.05, 0.1) is 12.1 Å². The van der Waals surface area contributed by atoms with Gasteiger partial charge in [-0.25, -0.2) is 0 Å². The van der Waals surface area contributed by atoms with Crippen LogP contribution in [-0.4, -0.2) is 31.4 Å². The standard InChI is InChI=1S/C12H15F3N2O/c1-16-7-11(18)17(2)8-9-5-3-4-6-10(9)12(13,14)15/h3-6,16H,7-8H2,1-2H3. The summed E-state index contributed by atoms with van der Waals surface area (Å²) in [6, 6.07) is 5.26. The van der Waals surface area contributed by atoms with E-state index in [4.69, 9.17) is 0 Å². The van der Waals surface area contributed by atoms with E-state index < -0.39 is 11.7 Å². The van der Waals surface area contributed by atoms with Crippen LogP contribution in [0.15, 0.2) is 24.3 Å². The number of nitrogens with zero attached hydrogens (tertiary/aromatic N) is 1.